The molecular weight excluding hydrogens is 656 g/mol. The summed E-state index contributed by atoms with van der Waals surface area (Å²) >= 11 is 0. The van der Waals surface area contributed by atoms with Crippen molar-refractivity contribution < 1.29 is 55.6 Å². The maximum absolute atomic E-state index is 13.9. The standard InChI is InChI=1S/C36H33F6NO6/c1-4-43-19-23-16-25(36(40,41)42)8-10-27(23)30-17-21(6-12-32(30)49-3)28(34(46)47)18-22-15-24(35(37,38)39)7-9-26(22)29-13-20(14-33(44)45)5-11-31(29)48-2/h5-13,15-17,28,43H,4,14,18-19H2,1-3H3,(H,44,45)(H,46,47). The topological polar surface area (TPSA) is 105 Å². The molecule has 0 saturated heterocycles. The van der Waals surface area contributed by atoms with Crippen LogP contribution in [0.15, 0.2) is 72.8 Å². The lowest BCUT2D eigenvalue weighted by Gasteiger charge is -2.21. The fraction of sp³-hybridized carbons (Fsp3) is 0.278. The Kier molecular flexibility index (Phi) is 11.3. The number of benzene rings is 4. The van der Waals surface area contributed by atoms with E-state index in [9.17, 15) is 46.1 Å². The van der Waals surface area contributed by atoms with Gasteiger partial charge in [0.2, 0.25) is 0 Å². The van der Waals surface area contributed by atoms with E-state index >= 15 is 0 Å². The molecule has 260 valence electrons. The van der Waals surface area contributed by atoms with E-state index in [0.717, 1.165) is 24.3 Å². The molecule has 0 aliphatic rings. The van der Waals surface area contributed by atoms with Gasteiger partial charge in [0, 0.05) is 17.7 Å². The van der Waals surface area contributed by atoms with Crippen molar-refractivity contribution in [2.45, 2.75) is 44.6 Å². The molecule has 4 aromatic carbocycles. The summed E-state index contributed by atoms with van der Waals surface area (Å²) in [7, 11) is 2.69. The summed E-state index contributed by atoms with van der Waals surface area (Å²) in [5, 5.41) is 22.7. The molecule has 0 bridgehead atoms. The number of alkyl halides is 6. The minimum Gasteiger partial charge on any atom is -0.496 e. The van der Waals surface area contributed by atoms with E-state index in [0.29, 0.717) is 23.2 Å². The number of hydrogen-bond donors (Lipinski definition) is 3. The van der Waals surface area contributed by atoms with Crippen LogP contribution in [0.4, 0.5) is 26.3 Å². The highest BCUT2D eigenvalue weighted by atomic mass is 19.4. The SMILES string of the molecule is CCNCc1cc(C(F)(F)F)ccc1-c1cc(C(Cc2cc(C(F)(F)F)ccc2-c2cc(CC(=O)O)ccc2OC)C(=O)O)ccc1OC. The number of carboxylic acids is 2. The molecule has 0 aliphatic carbocycles. The van der Waals surface area contributed by atoms with Crippen LogP contribution in [0.5, 0.6) is 11.5 Å². The zero-order chi connectivity index (χ0) is 36.1. The lowest BCUT2D eigenvalue weighted by atomic mass is 9.85. The molecule has 0 aromatic heterocycles. The van der Waals surface area contributed by atoms with Crippen LogP contribution in [0.3, 0.4) is 0 Å². The van der Waals surface area contributed by atoms with Crippen LogP contribution in [0.2, 0.25) is 0 Å². The van der Waals surface area contributed by atoms with E-state index in [1.807, 2.05) is 0 Å². The van der Waals surface area contributed by atoms with Crippen molar-refractivity contribution in [2.75, 3.05) is 20.8 Å². The molecule has 0 spiro atoms. The van der Waals surface area contributed by atoms with Crippen molar-refractivity contribution in [3.8, 4) is 33.8 Å². The van der Waals surface area contributed by atoms with Gasteiger partial charge < -0.3 is 25.0 Å². The average molecular weight is 690 g/mol. The second-order valence-electron chi connectivity index (χ2n) is 11.2. The predicted octanol–water partition coefficient (Wildman–Crippen LogP) is 8.22. The number of halogens is 6. The van der Waals surface area contributed by atoms with Gasteiger partial charge in [-0.25, -0.2) is 0 Å². The summed E-state index contributed by atoms with van der Waals surface area (Å²) in [6.07, 6.45) is -10.2. The van der Waals surface area contributed by atoms with E-state index in [1.165, 1.54) is 62.8 Å². The molecule has 1 atom stereocenters. The molecule has 4 aromatic rings. The summed E-state index contributed by atoms with van der Waals surface area (Å²) in [5.74, 6) is -3.46. The molecule has 7 nitrogen and oxygen atoms in total. The van der Waals surface area contributed by atoms with Crippen molar-refractivity contribution in [2.24, 2.45) is 0 Å². The Bertz CT molecular complexity index is 1840. The Balaban J connectivity index is 1.90. The van der Waals surface area contributed by atoms with Crippen LogP contribution < -0.4 is 14.8 Å². The summed E-state index contributed by atoms with van der Waals surface area (Å²) in [6.45, 7) is 2.30. The summed E-state index contributed by atoms with van der Waals surface area (Å²) in [4.78, 5) is 24.2. The minimum absolute atomic E-state index is 0.00673. The zero-order valence-corrected chi connectivity index (χ0v) is 26.6. The number of nitrogens with one attached hydrogen (secondary N) is 1. The Morgan fingerprint density at radius 2 is 1.24 bits per heavy atom. The zero-order valence-electron chi connectivity index (χ0n) is 26.6. The Morgan fingerprint density at radius 1 is 0.714 bits per heavy atom. The molecule has 0 aliphatic heterocycles. The lowest BCUT2D eigenvalue weighted by Crippen LogP contribution is -2.17. The van der Waals surface area contributed by atoms with Crippen LogP contribution in [-0.2, 0) is 41.3 Å². The third-order valence-corrected chi connectivity index (χ3v) is 7.98. The molecule has 49 heavy (non-hydrogen) atoms. The number of carbonyl (C=O) groups is 2. The van der Waals surface area contributed by atoms with Gasteiger partial charge >= 0.3 is 24.3 Å². The first-order valence-electron chi connectivity index (χ1n) is 15.0. The van der Waals surface area contributed by atoms with Crippen molar-refractivity contribution in [1.82, 2.24) is 5.32 Å². The first kappa shape index (κ1) is 36.8. The Hall–Kier alpha value is -5.04. The number of rotatable bonds is 13. The normalized spacial score (nSPS) is 12.4. The van der Waals surface area contributed by atoms with E-state index in [2.05, 4.69) is 5.32 Å². The number of methoxy groups -OCH3 is 2. The molecule has 0 saturated carbocycles. The fourth-order valence-electron chi connectivity index (χ4n) is 5.61. The summed E-state index contributed by atoms with van der Waals surface area (Å²) < 4.78 is 93.5. The third kappa shape index (κ3) is 8.71. The highest BCUT2D eigenvalue weighted by molar-refractivity contribution is 5.82. The summed E-state index contributed by atoms with van der Waals surface area (Å²) in [5.41, 5.74) is -0.0277. The minimum atomic E-state index is -4.76. The van der Waals surface area contributed by atoms with Gasteiger partial charge in [-0.15, -0.1) is 0 Å². The van der Waals surface area contributed by atoms with E-state index in [-0.39, 0.29) is 52.3 Å². The Morgan fingerprint density at radius 3 is 1.76 bits per heavy atom. The largest absolute Gasteiger partial charge is 0.496 e. The van der Waals surface area contributed by atoms with Gasteiger partial charge in [-0.1, -0.05) is 31.2 Å². The van der Waals surface area contributed by atoms with Crippen LogP contribution in [0.1, 0.15) is 46.2 Å². The first-order chi connectivity index (χ1) is 23.1. The molecule has 4 rings (SSSR count). The highest BCUT2D eigenvalue weighted by Crippen LogP contribution is 2.42. The fourth-order valence-corrected chi connectivity index (χ4v) is 5.61. The molecule has 3 N–H and O–H groups in total. The maximum atomic E-state index is 13.9. The van der Waals surface area contributed by atoms with Crippen molar-refractivity contribution in [1.29, 1.82) is 0 Å². The monoisotopic (exact) mass is 689 g/mol. The molecule has 0 amide bonds. The van der Waals surface area contributed by atoms with Crippen molar-refractivity contribution >= 4 is 11.9 Å². The van der Waals surface area contributed by atoms with Crippen molar-refractivity contribution in [3.63, 3.8) is 0 Å². The van der Waals surface area contributed by atoms with E-state index in [1.54, 1.807) is 6.92 Å². The van der Waals surface area contributed by atoms with Crippen LogP contribution in [0.25, 0.3) is 22.3 Å². The molecule has 0 heterocycles. The average Bonchev–Trinajstić information content (AvgIpc) is 3.04. The predicted molar refractivity (Wildman–Crippen MR) is 170 cm³/mol. The van der Waals surface area contributed by atoms with Gasteiger partial charge in [0.05, 0.1) is 37.7 Å². The quantitative estimate of drug-likeness (QED) is 0.122. The van der Waals surface area contributed by atoms with Gasteiger partial charge in [-0.05, 0) is 94.9 Å². The van der Waals surface area contributed by atoms with Gasteiger partial charge in [0.1, 0.15) is 11.5 Å². The third-order valence-electron chi connectivity index (χ3n) is 7.98. The van der Waals surface area contributed by atoms with Crippen LogP contribution >= 0.6 is 0 Å². The number of aliphatic carboxylic acids is 2. The second kappa shape index (κ2) is 15.0. The smallest absolute Gasteiger partial charge is 0.416 e. The van der Waals surface area contributed by atoms with E-state index < -0.39 is 47.8 Å². The molecule has 13 heteroatoms. The molecule has 0 fully saturated rings. The molecular formula is C36H33F6NO6. The van der Waals surface area contributed by atoms with Gasteiger partial charge in [-0.3, -0.25) is 9.59 Å². The number of ether oxygens (including phenoxy) is 2. The molecule has 1 unspecified atom stereocenters. The first-order valence-corrected chi connectivity index (χ1v) is 15.0. The highest BCUT2D eigenvalue weighted by Gasteiger charge is 2.33. The van der Waals surface area contributed by atoms with E-state index in [4.69, 9.17) is 9.47 Å². The Labute approximate surface area is 278 Å². The molecule has 0 radical (unpaired) electrons. The van der Waals surface area contributed by atoms with Gasteiger partial charge in [0.25, 0.3) is 0 Å². The number of carboxylic acid groups (broad SMARTS) is 2. The van der Waals surface area contributed by atoms with Gasteiger partial charge in [-0.2, -0.15) is 26.3 Å². The van der Waals surface area contributed by atoms with Crippen molar-refractivity contribution in [3.05, 3.63) is 106 Å². The lowest BCUT2D eigenvalue weighted by molar-refractivity contribution is -0.139. The summed E-state index contributed by atoms with van der Waals surface area (Å²) in [6, 6.07) is 14.9. The second-order valence-corrected chi connectivity index (χ2v) is 11.2. The van der Waals surface area contributed by atoms with Gasteiger partial charge in [0.15, 0.2) is 0 Å². The maximum Gasteiger partial charge on any atom is 0.416 e. The van der Waals surface area contributed by atoms with Crippen LogP contribution in [-0.4, -0.2) is 42.9 Å². The van der Waals surface area contributed by atoms with Crippen LogP contribution in [0, 0.1) is 0 Å². The number of hydrogen-bond acceptors (Lipinski definition) is 5.